The van der Waals surface area contributed by atoms with Crippen molar-refractivity contribution < 1.29 is 49.5 Å². The Bertz CT molecular complexity index is 3280. The van der Waals surface area contributed by atoms with Crippen LogP contribution < -0.4 is 30.4 Å². The molecule has 370 valence electrons. The fourth-order valence-corrected chi connectivity index (χ4v) is 9.50. The summed E-state index contributed by atoms with van der Waals surface area (Å²) in [6.07, 6.45) is -2.82. The van der Waals surface area contributed by atoms with Gasteiger partial charge in [-0.3, -0.25) is 23.2 Å². The van der Waals surface area contributed by atoms with Crippen molar-refractivity contribution in [2.75, 3.05) is 14.2 Å². The van der Waals surface area contributed by atoms with Crippen LogP contribution in [0.4, 0.5) is 0 Å². The minimum atomic E-state index is -4.01. The zero-order chi connectivity index (χ0) is 51.3. The number of nitrogens with zero attached hydrogens (tertiary/aromatic N) is 4. The molecule has 19 nitrogen and oxygen atoms in total. The Balaban J connectivity index is 1.09. The van der Waals surface area contributed by atoms with Crippen molar-refractivity contribution in [3.05, 3.63) is 189 Å². The maximum absolute atomic E-state index is 14.3. The summed E-state index contributed by atoms with van der Waals surface area (Å²) in [5.41, 5.74) is 3.45. The number of benzene rings is 6. The summed E-state index contributed by atoms with van der Waals surface area (Å²) in [6, 6.07) is 41.5. The first kappa shape index (κ1) is 51.6. The third-order valence-corrected chi connectivity index (χ3v) is 14.5. The summed E-state index contributed by atoms with van der Waals surface area (Å²) in [6.45, 7) is 0. The van der Waals surface area contributed by atoms with Gasteiger partial charge in [-0.15, -0.1) is 0 Å². The quantitative estimate of drug-likeness (QED) is 0.0467. The summed E-state index contributed by atoms with van der Waals surface area (Å²) < 4.78 is 89.3. The summed E-state index contributed by atoms with van der Waals surface area (Å²) in [4.78, 5) is 28.3. The number of sulfonamides is 2. The van der Waals surface area contributed by atoms with E-state index in [1.807, 2.05) is 0 Å². The topological polar surface area (TPSA) is 268 Å². The summed E-state index contributed by atoms with van der Waals surface area (Å²) >= 11 is 6.83. The van der Waals surface area contributed by atoms with Gasteiger partial charge in [0.25, 0.3) is 11.8 Å². The van der Waals surface area contributed by atoms with Gasteiger partial charge in [-0.1, -0.05) is 56.1 Å². The predicted octanol–water partition coefficient (Wildman–Crippen LogP) is 8.21. The molecule has 0 spiro atoms. The van der Waals surface area contributed by atoms with Crippen molar-refractivity contribution in [3.63, 3.8) is 0 Å². The maximum atomic E-state index is 14.3. The van der Waals surface area contributed by atoms with Gasteiger partial charge in [0.2, 0.25) is 20.0 Å². The first-order chi connectivity index (χ1) is 34.4. The van der Waals surface area contributed by atoms with E-state index in [1.54, 1.807) is 97.1 Å². The number of halogens is 2. The zero-order valence-corrected chi connectivity index (χ0v) is 43.5. The number of amides is 2. The van der Waals surface area contributed by atoms with Crippen LogP contribution >= 0.6 is 40.1 Å². The van der Waals surface area contributed by atoms with Crippen molar-refractivity contribution in [2.45, 2.75) is 22.2 Å². The van der Waals surface area contributed by atoms with Gasteiger partial charge < -0.3 is 20.1 Å². The van der Waals surface area contributed by atoms with Crippen molar-refractivity contribution in [1.82, 2.24) is 30.2 Å². The van der Waals surface area contributed by atoms with E-state index in [9.17, 15) is 31.0 Å². The monoisotopic (exact) mass is 1160 g/mol. The predicted molar refractivity (Wildman–Crippen MR) is 274 cm³/mol. The Kier molecular flexibility index (Phi) is 15.7. The van der Waals surface area contributed by atoms with Gasteiger partial charge in [0.05, 0.1) is 46.8 Å². The molecule has 0 radical (unpaired) electrons. The Hall–Kier alpha value is -6.79. The summed E-state index contributed by atoms with van der Waals surface area (Å²) in [7, 11) is -8.64. The van der Waals surface area contributed by atoms with E-state index in [-0.39, 0.29) is 21.2 Å². The first-order valence-electron chi connectivity index (χ1n) is 21.1. The minimum Gasteiger partial charge on any atom is -0.497 e. The molecule has 0 bridgehead atoms. The Morgan fingerprint density at radius 2 is 0.875 bits per heavy atom. The van der Waals surface area contributed by atoms with Gasteiger partial charge in [0.1, 0.15) is 11.5 Å². The van der Waals surface area contributed by atoms with E-state index in [1.165, 1.54) is 84.2 Å². The Labute approximate surface area is 430 Å². The molecule has 24 heteroatoms. The molecule has 6 aromatic carbocycles. The van der Waals surface area contributed by atoms with Crippen molar-refractivity contribution in [2.24, 2.45) is 10.3 Å². The van der Waals surface area contributed by atoms with Crippen LogP contribution in [0.5, 0.6) is 11.5 Å². The van der Waals surface area contributed by atoms with E-state index < -0.39 is 52.6 Å². The molecule has 72 heavy (non-hydrogen) atoms. The summed E-state index contributed by atoms with van der Waals surface area (Å²) in [5, 5.41) is 25.4. The number of rotatable bonds is 18. The molecule has 0 fully saturated rings. The lowest BCUT2D eigenvalue weighted by atomic mass is 10.1. The number of hydrogen-bond acceptors (Lipinski definition) is 13. The standard InChI is InChI=1S/C48H41Br2N8O11PS2/c1-66-37-19-7-29(8-20-37)43-27-41(55-57(43)35-15-23-39(24-16-35)71(51,62)63)45(59)53-47(31-3-11-33(49)12-4-31)68-70(61)69-48(32-5-13-34(50)14-6-32)54-46(60)42-28-44(30-9-21-38(67-2)22-10-30)58(56-42)36-17-25-40(26-18-36)72(52,64)65/h3-28,47-48,70H,1-2H3,(H,53,59)(H,54,60)(H2,51,62,63)(H2,52,64,65). The molecule has 2 heterocycles. The molecule has 6 N–H and O–H groups in total. The van der Waals surface area contributed by atoms with E-state index in [0.717, 1.165) is 0 Å². The molecule has 0 aliphatic carbocycles. The maximum Gasteiger partial charge on any atom is 0.323 e. The van der Waals surface area contributed by atoms with Gasteiger partial charge in [-0.2, -0.15) is 10.2 Å². The largest absolute Gasteiger partial charge is 0.497 e. The van der Waals surface area contributed by atoms with Crippen LogP contribution in [0.2, 0.25) is 0 Å². The fraction of sp³-hybridized carbons (Fsp3) is 0.0833. The SMILES string of the molecule is COc1ccc(-c2cc(C(=O)NC(O[PH](=O)OC(NC(=O)c3cc(-c4ccc(OC)cc4)n(-c4ccc(S(N)(=O)=O)cc4)n3)c3ccc(Br)cc3)c3ccc(Br)cc3)nn2-c2ccc(S(N)(=O)=O)cc2)cc1. The number of carbonyl (C=O) groups is 2. The molecule has 8 rings (SSSR count). The number of nitrogens with two attached hydrogens (primary N) is 2. The van der Waals surface area contributed by atoms with E-state index in [2.05, 4.69) is 52.7 Å². The van der Waals surface area contributed by atoms with Crippen LogP contribution in [0.1, 0.15) is 44.6 Å². The van der Waals surface area contributed by atoms with Crippen LogP contribution in [0.25, 0.3) is 33.9 Å². The Morgan fingerprint density at radius 3 is 1.18 bits per heavy atom. The van der Waals surface area contributed by atoms with Gasteiger partial charge in [0.15, 0.2) is 23.8 Å². The smallest absolute Gasteiger partial charge is 0.323 e. The molecule has 0 aliphatic rings. The third kappa shape index (κ3) is 12.3. The molecule has 2 atom stereocenters. The molecule has 8 aromatic rings. The van der Waals surface area contributed by atoms with E-state index in [0.29, 0.717) is 65.5 Å². The average molecular weight is 1160 g/mol. The van der Waals surface area contributed by atoms with Crippen LogP contribution in [0, 0.1) is 0 Å². The van der Waals surface area contributed by atoms with Crippen molar-refractivity contribution in [1.29, 1.82) is 0 Å². The van der Waals surface area contributed by atoms with E-state index in [4.69, 9.17) is 28.8 Å². The van der Waals surface area contributed by atoms with Crippen molar-refractivity contribution in [3.8, 4) is 45.4 Å². The normalized spacial score (nSPS) is 12.9. The lowest BCUT2D eigenvalue weighted by Gasteiger charge is -2.23. The third-order valence-electron chi connectivity index (χ3n) is 10.8. The lowest BCUT2D eigenvalue weighted by Crippen LogP contribution is -2.31. The van der Waals surface area contributed by atoms with Gasteiger partial charge in [-0.25, -0.2) is 36.5 Å². The highest BCUT2D eigenvalue weighted by Crippen LogP contribution is 2.38. The number of ether oxygens (including phenoxy) is 2. The molecule has 2 amide bonds. The highest BCUT2D eigenvalue weighted by Gasteiger charge is 2.27. The number of methoxy groups -OCH3 is 2. The number of primary sulfonamides is 2. The Morgan fingerprint density at radius 1 is 0.542 bits per heavy atom. The second-order valence-electron chi connectivity index (χ2n) is 15.5. The summed E-state index contributed by atoms with van der Waals surface area (Å²) in [5.74, 6) is -0.353. The van der Waals surface area contributed by atoms with Crippen LogP contribution in [0.3, 0.4) is 0 Å². The van der Waals surface area contributed by atoms with Gasteiger partial charge in [0, 0.05) is 31.2 Å². The second kappa shape index (κ2) is 21.9. The number of hydrogen-bond donors (Lipinski definition) is 4. The first-order valence-corrected chi connectivity index (χ1v) is 27.0. The lowest BCUT2D eigenvalue weighted by molar-refractivity contribution is 0.0688. The molecule has 0 aliphatic heterocycles. The number of carbonyl (C=O) groups excluding carboxylic acids is 2. The van der Waals surface area contributed by atoms with Crippen LogP contribution in [-0.4, -0.2) is 62.4 Å². The highest BCUT2D eigenvalue weighted by molar-refractivity contribution is 9.10. The second-order valence-corrected chi connectivity index (χ2v) is 21.4. The molecule has 0 saturated carbocycles. The molecular formula is C48H41Br2N8O11PS2. The van der Waals surface area contributed by atoms with Crippen LogP contribution in [-0.2, 0) is 33.7 Å². The van der Waals surface area contributed by atoms with Gasteiger partial charge >= 0.3 is 8.25 Å². The van der Waals surface area contributed by atoms with Crippen molar-refractivity contribution >= 4 is 72.0 Å². The molecular weight excluding hydrogens is 1120 g/mol. The zero-order valence-electron chi connectivity index (χ0n) is 37.7. The molecule has 0 saturated heterocycles. The minimum absolute atomic E-state index is 0.101. The molecule has 2 aromatic heterocycles. The van der Waals surface area contributed by atoms with E-state index >= 15 is 0 Å². The van der Waals surface area contributed by atoms with Crippen LogP contribution in [0.15, 0.2) is 176 Å². The number of nitrogens with one attached hydrogen (secondary N) is 2. The molecule has 2 unspecified atom stereocenters. The van der Waals surface area contributed by atoms with Gasteiger partial charge in [-0.05, 0) is 133 Å². The number of aromatic nitrogens is 4. The fourth-order valence-electron chi connectivity index (χ4n) is 7.11. The average Bonchev–Trinajstić information content (AvgIpc) is 4.03. The highest BCUT2D eigenvalue weighted by atomic mass is 79.9.